The first kappa shape index (κ1) is 16.8. The highest BCUT2D eigenvalue weighted by Gasteiger charge is 2.29. The van der Waals surface area contributed by atoms with Crippen LogP contribution in [0.3, 0.4) is 0 Å². The van der Waals surface area contributed by atoms with Crippen LogP contribution in [-0.2, 0) is 4.79 Å². The molecule has 2 rings (SSSR count). The molecule has 1 amide bonds. The van der Waals surface area contributed by atoms with E-state index >= 15 is 0 Å². The Bertz CT molecular complexity index is 319. The van der Waals surface area contributed by atoms with Gasteiger partial charge in [-0.25, -0.2) is 0 Å². The third-order valence-electron chi connectivity index (χ3n) is 5.30. The fourth-order valence-electron chi connectivity index (χ4n) is 3.72. The van der Waals surface area contributed by atoms with Crippen molar-refractivity contribution in [1.29, 1.82) is 0 Å². The van der Waals surface area contributed by atoms with Gasteiger partial charge in [0.2, 0.25) is 5.91 Å². The average molecular weight is 296 g/mol. The van der Waals surface area contributed by atoms with Gasteiger partial charge in [-0.2, -0.15) is 0 Å². The molecule has 2 fully saturated rings. The van der Waals surface area contributed by atoms with Gasteiger partial charge in [-0.05, 0) is 50.6 Å². The monoisotopic (exact) mass is 296 g/mol. The van der Waals surface area contributed by atoms with Crippen LogP contribution in [0.1, 0.15) is 64.7 Å². The van der Waals surface area contributed by atoms with Gasteiger partial charge in [-0.3, -0.25) is 4.79 Å². The summed E-state index contributed by atoms with van der Waals surface area (Å²) in [6.45, 7) is 4.76. The van der Waals surface area contributed by atoms with Crippen molar-refractivity contribution in [2.75, 3.05) is 19.6 Å². The maximum Gasteiger partial charge on any atom is 0.220 e. The zero-order valence-corrected chi connectivity index (χ0v) is 13.5. The molecule has 2 aliphatic rings. The maximum atomic E-state index is 12.1. The summed E-state index contributed by atoms with van der Waals surface area (Å²) < 4.78 is 0. The van der Waals surface area contributed by atoms with Crippen LogP contribution >= 0.6 is 0 Å². The average Bonchev–Trinajstić information content (AvgIpc) is 2.71. The highest BCUT2D eigenvalue weighted by molar-refractivity contribution is 5.76. The summed E-state index contributed by atoms with van der Waals surface area (Å²) in [5, 5.41) is 17.0. The Morgan fingerprint density at radius 3 is 2.62 bits per heavy atom. The Morgan fingerprint density at radius 1 is 1.29 bits per heavy atom. The molecule has 0 bridgehead atoms. The van der Waals surface area contributed by atoms with E-state index in [0.717, 1.165) is 38.8 Å². The Labute approximate surface area is 129 Å². The Morgan fingerprint density at radius 2 is 2.00 bits per heavy atom. The minimum Gasteiger partial charge on any atom is -0.388 e. The summed E-state index contributed by atoms with van der Waals surface area (Å²) in [7, 11) is 0. The molecule has 21 heavy (non-hydrogen) atoms. The van der Waals surface area contributed by atoms with Crippen molar-refractivity contribution in [2.45, 2.75) is 70.3 Å². The zero-order chi connectivity index (χ0) is 15.1. The molecule has 1 saturated heterocycles. The van der Waals surface area contributed by atoms with Crippen molar-refractivity contribution in [3.05, 3.63) is 0 Å². The van der Waals surface area contributed by atoms with E-state index in [1.54, 1.807) is 0 Å². The molecule has 0 radical (unpaired) electrons. The van der Waals surface area contributed by atoms with E-state index in [-0.39, 0.29) is 5.91 Å². The fourth-order valence-corrected chi connectivity index (χ4v) is 3.72. The number of hydrogen-bond donors (Lipinski definition) is 3. The fraction of sp³-hybridized carbons (Fsp3) is 0.941. The second kappa shape index (κ2) is 8.14. The third-order valence-corrected chi connectivity index (χ3v) is 5.30. The number of aliphatic hydroxyl groups is 1. The molecule has 1 aliphatic carbocycles. The highest BCUT2D eigenvalue weighted by Crippen LogP contribution is 2.27. The molecule has 2 unspecified atom stereocenters. The van der Waals surface area contributed by atoms with Crippen molar-refractivity contribution in [2.24, 2.45) is 11.8 Å². The summed E-state index contributed by atoms with van der Waals surface area (Å²) in [5.74, 6) is 1.14. The van der Waals surface area contributed by atoms with E-state index < -0.39 is 5.60 Å². The van der Waals surface area contributed by atoms with Crippen LogP contribution in [0, 0.1) is 11.8 Å². The van der Waals surface area contributed by atoms with Crippen molar-refractivity contribution >= 4 is 5.91 Å². The summed E-state index contributed by atoms with van der Waals surface area (Å²) in [4.78, 5) is 12.1. The Balaban J connectivity index is 1.70. The second-order valence-corrected chi connectivity index (χ2v) is 7.20. The van der Waals surface area contributed by atoms with Crippen molar-refractivity contribution < 1.29 is 9.90 Å². The zero-order valence-electron chi connectivity index (χ0n) is 13.5. The van der Waals surface area contributed by atoms with E-state index in [4.69, 9.17) is 0 Å². The number of rotatable bonds is 5. The number of piperidine rings is 1. The lowest BCUT2D eigenvalue weighted by atomic mass is 9.85. The van der Waals surface area contributed by atoms with Gasteiger partial charge in [0.1, 0.15) is 0 Å². The Hall–Kier alpha value is -0.610. The number of amides is 1. The quantitative estimate of drug-likeness (QED) is 0.682. The van der Waals surface area contributed by atoms with Gasteiger partial charge >= 0.3 is 0 Å². The molecule has 0 aromatic heterocycles. The van der Waals surface area contributed by atoms with Gasteiger partial charge in [0.15, 0.2) is 0 Å². The van der Waals surface area contributed by atoms with Gasteiger partial charge in [-0.15, -0.1) is 0 Å². The lowest BCUT2D eigenvalue weighted by Gasteiger charge is -2.29. The van der Waals surface area contributed by atoms with Crippen LogP contribution in [0.15, 0.2) is 0 Å². The topological polar surface area (TPSA) is 61.4 Å². The Kier molecular flexibility index (Phi) is 6.49. The van der Waals surface area contributed by atoms with Gasteiger partial charge in [-0.1, -0.05) is 32.6 Å². The molecule has 3 N–H and O–H groups in total. The smallest absolute Gasteiger partial charge is 0.220 e. The molecule has 4 heteroatoms. The van der Waals surface area contributed by atoms with E-state index in [1.807, 2.05) is 0 Å². The lowest BCUT2D eigenvalue weighted by Crippen LogP contribution is -2.43. The van der Waals surface area contributed by atoms with Crippen molar-refractivity contribution in [3.63, 3.8) is 0 Å². The molecule has 4 nitrogen and oxygen atoms in total. The largest absolute Gasteiger partial charge is 0.388 e. The maximum absolute atomic E-state index is 12.1. The summed E-state index contributed by atoms with van der Waals surface area (Å²) in [6.07, 6.45) is 9.27. The number of carbonyl (C=O) groups excluding carboxylic acids is 1. The van der Waals surface area contributed by atoms with Crippen LogP contribution in [0.5, 0.6) is 0 Å². The first-order valence-electron chi connectivity index (χ1n) is 8.79. The molecule has 122 valence electrons. The molecule has 0 aromatic rings. The van der Waals surface area contributed by atoms with Gasteiger partial charge in [0.05, 0.1) is 5.60 Å². The minimum absolute atomic E-state index is 0.103. The van der Waals surface area contributed by atoms with Crippen LogP contribution in [-0.4, -0.2) is 36.2 Å². The molecule has 1 heterocycles. The van der Waals surface area contributed by atoms with E-state index in [1.165, 1.54) is 25.7 Å². The van der Waals surface area contributed by atoms with Crippen molar-refractivity contribution in [3.8, 4) is 0 Å². The molecule has 1 saturated carbocycles. The van der Waals surface area contributed by atoms with Crippen molar-refractivity contribution in [1.82, 2.24) is 10.6 Å². The normalized spacial score (nSPS) is 27.6. The van der Waals surface area contributed by atoms with E-state index in [9.17, 15) is 9.90 Å². The molecule has 2 atom stereocenters. The molecular formula is C17H32N2O2. The van der Waals surface area contributed by atoms with Gasteiger partial charge in [0, 0.05) is 13.0 Å². The first-order chi connectivity index (χ1) is 10.1. The van der Waals surface area contributed by atoms with E-state index in [2.05, 4.69) is 17.6 Å². The third kappa shape index (κ3) is 5.59. The predicted molar refractivity (Wildman–Crippen MR) is 85.0 cm³/mol. The SMILES string of the molecule is CC(CC(=O)NCC1(O)CCCCCC1)C1CCCNC1. The number of carbonyl (C=O) groups is 1. The highest BCUT2D eigenvalue weighted by atomic mass is 16.3. The summed E-state index contributed by atoms with van der Waals surface area (Å²) in [6, 6.07) is 0. The minimum atomic E-state index is -0.665. The van der Waals surface area contributed by atoms with Crippen LogP contribution in [0.2, 0.25) is 0 Å². The first-order valence-corrected chi connectivity index (χ1v) is 8.79. The lowest BCUT2D eigenvalue weighted by molar-refractivity contribution is -0.123. The molecule has 0 aromatic carbocycles. The van der Waals surface area contributed by atoms with Gasteiger partial charge in [0.25, 0.3) is 0 Å². The number of hydrogen-bond acceptors (Lipinski definition) is 3. The molecular weight excluding hydrogens is 264 g/mol. The van der Waals surface area contributed by atoms with Crippen LogP contribution in [0.4, 0.5) is 0 Å². The van der Waals surface area contributed by atoms with Gasteiger partial charge < -0.3 is 15.7 Å². The summed E-state index contributed by atoms with van der Waals surface area (Å²) >= 11 is 0. The van der Waals surface area contributed by atoms with Crippen LogP contribution in [0.25, 0.3) is 0 Å². The van der Waals surface area contributed by atoms with Crippen LogP contribution < -0.4 is 10.6 Å². The predicted octanol–water partition coefficient (Wildman–Crippen LogP) is 2.21. The molecule has 0 spiro atoms. The second-order valence-electron chi connectivity index (χ2n) is 7.20. The van der Waals surface area contributed by atoms with E-state index in [0.29, 0.717) is 24.8 Å². The molecule has 1 aliphatic heterocycles. The number of nitrogens with one attached hydrogen (secondary N) is 2. The summed E-state index contributed by atoms with van der Waals surface area (Å²) in [5.41, 5.74) is -0.665. The standard InChI is InChI=1S/C17H32N2O2/c1-14(15-7-6-10-18-12-15)11-16(20)19-13-17(21)8-4-2-3-5-9-17/h14-15,18,21H,2-13H2,1H3,(H,19,20).